The molecular formula is C18H23N3O3. The maximum atomic E-state index is 11.9. The molecule has 2 heterocycles. The van der Waals surface area contributed by atoms with Crippen molar-refractivity contribution in [1.29, 1.82) is 0 Å². The first-order chi connectivity index (χ1) is 11.6. The van der Waals surface area contributed by atoms with Gasteiger partial charge in [-0.25, -0.2) is 0 Å². The summed E-state index contributed by atoms with van der Waals surface area (Å²) in [5.74, 6) is 1.86. The molecule has 0 bridgehead atoms. The second kappa shape index (κ2) is 7.03. The van der Waals surface area contributed by atoms with Crippen molar-refractivity contribution in [2.75, 3.05) is 6.54 Å². The fraction of sp³-hybridized carbons (Fsp3) is 0.500. The summed E-state index contributed by atoms with van der Waals surface area (Å²) in [4.78, 5) is 13.8. The Morgan fingerprint density at radius 3 is 2.62 bits per heavy atom. The molecular weight excluding hydrogens is 306 g/mol. The Labute approximate surface area is 141 Å². The lowest BCUT2D eigenvalue weighted by Gasteiger charge is -2.23. The van der Waals surface area contributed by atoms with E-state index in [1.54, 1.807) is 0 Å². The zero-order valence-electron chi connectivity index (χ0n) is 14.4. The molecule has 0 unspecified atom stereocenters. The topological polar surface area (TPSA) is 68.5 Å². The first kappa shape index (κ1) is 16.5. The van der Waals surface area contributed by atoms with Gasteiger partial charge in [0.15, 0.2) is 6.61 Å². The third kappa shape index (κ3) is 3.58. The second-order valence-electron chi connectivity index (χ2n) is 6.26. The molecule has 1 aromatic heterocycles. The van der Waals surface area contributed by atoms with E-state index in [0.29, 0.717) is 18.2 Å². The fourth-order valence-corrected chi connectivity index (χ4v) is 3.15. The van der Waals surface area contributed by atoms with Crippen LogP contribution < -0.4 is 4.74 Å². The number of nitrogens with zero attached hydrogens (tertiary/aromatic N) is 3. The lowest BCUT2D eigenvalue weighted by Crippen LogP contribution is -2.29. The monoisotopic (exact) mass is 329 g/mol. The van der Waals surface area contributed by atoms with Gasteiger partial charge in [0.2, 0.25) is 11.8 Å². The van der Waals surface area contributed by atoms with Crippen molar-refractivity contribution in [2.45, 2.75) is 52.7 Å². The van der Waals surface area contributed by atoms with Crippen molar-refractivity contribution >= 4 is 5.91 Å². The van der Waals surface area contributed by atoms with E-state index in [9.17, 15) is 4.79 Å². The predicted molar refractivity (Wildman–Crippen MR) is 88.5 cm³/mol. The summed E-state index contributed by atoms with van der Waals surface area (Å²) >= 11 is 0. The van der Waals surface area contributed by atoms with Gasteiger partial charge in [0.05, 0.1) is 0 Å². The maximum absolute atomic E-state index is 11.9. The highest BCUT2D eigenvalue weighted by atomic mass is 16.5. The molecule has 0 spiro atoms. The van der Waals surface area contributed by atoms with Gasteiger partial charge < -0.3 is 14.1 Å². The predicted octanol–water partition coefficient (Wildman–Crippen LogP) is 3.34. The first-order valence-corrected chi connectivity index (χ1v) is 8.39. The standard InChI is InChI=1S/C18H23N3O3/c1-4-15(21-7-5-6-17(21)22)18-20-19-16(24-18)11-23-14-9-12(2)8-13(3)10-14/h8-10,15H,4-7,11H2,1-3H3/t15-/m1/s1. The van der Waals surface area contributed by atoms with E-state index >= 15 is 0 Å². The van der Waals surface area contributed by atoms with E-state index in [1.807, 2.05) is 37.8 Å². The third-order valence-electron chi connectivity index (χ3n) is 4.20. The van der Waals surface area contributed by atoms with Crippen LogP contribution in [0.2, 0.25) is 0 Å². The molecule has 6 nitrogen and oxygen atoms in total. The number of carbonyl (C=O) groups is 1. The lowest BCUT2D eigenvalue weighted by molar-refractivity contribution is -0.130. The van der Waals surface area contributed by atoms with Gasteiger partial charge in [-0.3, -0.25) is 4.79 Å². The summed E-state index contributed by atoms with van der Waals surface area (Å²) in [6, 6.07) is 5.91. The summed E-state index contributed by atoms with van der Waals surface area (Å²) in [6.45, 7) is 7.06. The van der Waals surface area contributed by atoms with Crippen LogP contribution in [0.3, 0.4) is 0 Å². The van der Waals surface area contributed by atoms with E-state index in [0.717, 1.165) is 36.3 Å². The number of carbonyl (C=O) groups excluding carboxylic acids is 1. The van der Waals surface area contributed by atoms with E-state index in [1.165, 1.54) is 0 Å². The van der Waals surface area contributed by atoms with Gasteiger partial charge in [0, 0.05) is 13.0 Å². The van der Waals surface area contributed by atoms with Crippen LogP contribution in [0.5, 0.6) is 5.75 Å². The zero-order chi connectivity index (χ0) is 17.1. The minimum atomic E-state index is -0.137. The van der Waals surface area contributed by atoms with Gasteiger partial charge in [-0.1, -0.05) is 13.0 Å². The molecule has 1 fully saturated rings. The Kier molecular flexibility index (Phi) is 4.83. The number of amides is 1. The van der Waals surface area contributed by atoms with E-state index < -0.39 is 0 Å². The molecule has 1 saturated heterocycles. The van der Waals surface area contributed by atoms with Crippen molar-refractivity contribution in [3.05, 3.63) is 41.1 Å². The highest BCUT2D eigenvalue weighted by Crippen LogP contribution is 2.28. The third-order valence-corrected chi connectivity index (χ3v) is 4.20. The molecule has 3 rings (SSSR count). The quantitative estimate of drug-likeness (QED) is 0.813. The molecule has 1 aliphatic heterocycles. The number of likely N-dealkylation sites (tertiary alicyclic amines) is 1. The first-order valence-electron chi connectivity index (χ1n) is 8.39. The molecule has 0 N–H and O–H groups in total. The molecule has 0 radical (unpaired) electrons. The molecule has 128 valence electrons. The van der Waals surface area contributed by atoms with Gasteiger partial charge in [-0.15, -0.1) is 10.2 Å². The number of benzene rings is 1. The number of aryl methyl sites for hydroxylation is 2. The summed E-state index contributed by atoms with van der Waals surface area (Å²) in [6.07, 6.45) is 2.25. The van der Waals surface area contributed by atoms with Crippen molar-refractivity contribution in [3.8, 4) is 5.75 Å². The second-order valence-corrected chi connectivity index (χ2v) is 6.26. The van der Waals surface area contributed by atoms with Crippen molar-refractivity contribution < 1.29 is 13.9 Å². The average molecular weight is 329 g/mol. The molecule has 24 heavy (non-hydrogen) atoms. The van der Waals surface area contributed by atoms with Gasteiger partial charge in [0.1, 0.15) is 11.8 Å². The summed E-state index contributed by atoms with van der Waals surface area (Å²) in [5, 5.41) is 8.18. The highest BCUT2D eigenvalue weighted by molar-refractivity contribution is 5.78. The van der Waals surface area contributed by atoms with Crippen LogP contribution in [0.15, 0.2) is 22.6 Å². The molecule has 1 atom stereocenters. The smallest absolute Gasteiger partial charge is 0.253 e. The largest absolute Gasteiger partial charge is 0.484 e. The maximum Gasteiger partial charge on any atom is 0.253 e. The van der Waals surface area contributed by atoms with E-state index in [2.05, 4.69) is 16.3 Å². The minimum absolute atomic E-state index is 0.137. The van der Waals surface area contributed by atoms with Crippen LogP contribution in [0.25, 0.3) is 0 Å². The van der Waals surface area contributed by atoms with E-state index in [4.69, 9.17) is 9.15 Å². The van der Waals surface area contributed by atoms with Gasteiger partial charge >= 0.3 is 0 Å². The molecule has 1 aromatic carbocycles. The van der Waals surface area contributed by atoms with Crippen LogP contribution in [-0.4, -0.2) is 27.5 Å². The molecule has 0 aliphatic carbocycles. The Morgan fingerprint density at radius 2 is 2.00 bits per heavy atom. The van der Waals surface area contributed by atoms with Crippen LogP contribution in [0.1, 0.15) is 55.1 Å². The number of aromatic nitrogens is 2. The van der Waals surface area contributed by atoms with Gasteiger partial charge in [-0.05, 0) is 49.9 Å². The summed E-state index contributed by atoms with van der Waals surface area (Å²) < 4.78 is 11.5. The Hall–Kier alpha value is -2.37. The Balaban J connectivity index is 1.67. The average Bonchev–Trinajstić information content (AvgIpc) is 3.16. The molecule has 1 amide bonds. The van der Waals surface area contributed by atoms with Crippen molar-refractivity contribution in [2.24, 2.45) is 0 Å². The number of rotatable bonds is 6. The molecule has 2 aromatic rings. The van der Waals surface area contributed by atoms with Crippen molar-refractivity contribution in [3.63, 3.8) is 0 Å². The Morgan fingerprint density at radius 1 is 1.25 bits per heavy atom. The fourth-order valence-electron chi connectivity index (χ4n) is 3.15. The number of hydrogen-bond acceptors (Lipinski definition) is 5. The SMILES string of the molecule is CC[C@H](c1nnc(COc2cc(C)cc(C)c2)o1)N1CCCC1=O. The summed E-state index contributed by atoms with van der Waals surface area (Å²) in [7, 11) is 0. The molecule has 6 heteroatoms. The van der Waals surface area contributed by atoms with Crippen LogP contribution in [0, 0.1) is 13.8 Å². The zero-order valence-corrected chi connectivity index (χ0v) is 14.4. The van der Waals surface area contributed by atoms with Crippen LogP contribution >= 0.6 is 0 Å². The molecule has 1 aliphatic rings. The Bertz CT molecular complexity index is 706. The lowest BCUT2D eigenvalue weighted by atomic mass is 10.1. The minimum Gasteiger partial charge on any atom is -0.484 e. The van der Waals surface area contributed by atoms with Crippen molar-refractivity contribution in [1.82, 2.24) is 15.1 Å². The van der Waals surface area contributed by atoms with Crippen LogP contribution in [0.4, 0.5) is 0 Å². The number of ether oxygens (including phenoxy) is 1. The van der Waals surface area contributed by atoms with Crippen LogP contribution in [-0.2, 0) is 11.4 Å². The van der Waals surface area contributed by atoms with E-state index in [-0.39, 0.29) is 18.6 Å². The normalized spacial score (nSPS) is 15.8. The number of hydrogen-bond donors (Lipinski definition) is 0. The highest BCUT2D eigenvalue weighted by Gasteiger charge is 2.31. The summed E-state index contributed by atoms with van der Waals surface area (Å²) in [5.41, 5.74) is 2.30. The molecule has 0 saturated carbocycles. The van der Waals surface area contributed by atoms with Gasteiger partial charge in [-0.2, -0.15) is 0 Å². The van der Waals surface area contributed by atoms with Gasteiger partial charge in [0.25, 0.3) is 5.89 Å².